The molecule has 66 valence electrons. The highest BCUT2D eigenvalue weighted by molar-refractivity contribution is 5.74. The molecule has 0 bridgehead atoms. The average molecular weight is 174 g/mol. The van der Waals surface area contributed by atoms with Crippen LogP contribution in [0.5, 0.6) is 5.75 Å². The van der Waals surface area contributed by atoms with Crippen LogP contribution in [0.2, 0.25) is 0 Å². The summed E-state index contributed by atoms with van der Waals surface area (Å²) in [5.74, 6) is 5.78. The monoisotopic (exact) mass is 174 g/mol. The Hall–Kier alpha value is -1.75. The molecule has 0 unspecified atom stereocenters. The Morgan fingerprint density at radius 1 is 1.46 bits per heavy atom. The summed E-state index contributed by atoms with van der Waals surface area (Å²) < 4.78 is 5.32. The molecule has 0 radical (unpaired) electrons. The van der Waals surface area contributed by atoms with Crippen molar-refractivity contribution in [2.24, 2.45) is 0 Å². The lowest BCUT2D eigenvalue weighted by atomic mass is 10.2. The SMILES string of the molecule is CCOc1ccccc1C#CC=O. The van der Waals surface area contributed by atoms with E-state index < -0.39 is 0 Å². The van der Waals surface area contributed by atoms with Gasteiger partial charge in [0.05, 0.1) is 12.2 Å². The maximum absolute atomic E-state index is 10.0. The second-order valence-electron chi connectivity index (χ2n) is 2.32. The number of rotatable bonds is 2. The third-order valence-corrected chi connectivity index (χ3v) is 1.45. The highest BCUT2D eigenvalue weighted by Crippen LogP contribution is 2.15. The van der Waals surface area contributed by atoms with Gasteiger partial charge < -0.3 is 4.74 Å². The van der Waals surface area contributed by atoms with Gasteiger partial charge in [-0.05, 0) is 25.0 Å². The van der Waals surface area contributed by atoms with Crippen molar-refractivity contribution in [2.45, 2.75) is 6.92 Å². The standard InChI is InChI=1S/C11H10O2/c1-2-13-11-8-4-3-6-10(11)7-5-9-12/h3-4,6,8-9H,2H2,1H3. The van der Waals surface area contributed by atoms with Gasteiger partial charge in [0.2, 0.25) is 0 Å². The van der Waals surface area contributed by atoms with Crippen molar-refractivity contribution >= 4 is 6.29 Å². The van der Waals surface area contributed by atoms with Gasteiger partial charge in [-0.15, -0.1) is 0 Å². The molecule has 0 N–H and O–H groups in total. The number of carbonyl (C=O) groups is 1. The molecule has 0 saturated heterocycles. The summed E-state index contributed by atoms with van der Waals surface area (Å²) in [7, 11) is 0. The molecule has 0 fully saturated rings. The van der Waals surface area contributed by atoms with E-state index in [2.05, 4.69) is 11.8 Å². The normalized spacial score (nSPS) is 8.38. The van der Waals surface area contributed by atoms with E-state index in [-0.39, 0.29) is 0 Å². The van der Waals surface area contributed by atoms with E-state index in [1.165, 1.54) is 0 Å². The lowest BCUT2D eigenvalue weighted by Crippen LogP contribution is -1.93. The van der Waals surface area contributed by atoms with Crippen molar-refractivity contribution in [1.82, 2.24) is 0 Å². The Labute approximate surface area is 77.5 Å². The van der Waals surface area contributed by atoms with Crippen LogP contribution in [0, 0.1) is 11.8 Å². The molecule has 0 aromatic heterocycles. The summed E-state index contributed by atoms with van der Waals surface area (Å²) in [6, 6.07) is 7.38. The first kappa shape index (κ1) is 9.34. The summed E-state index contributed by atoms with van der Waals surface area (Å²) in [4.78, 5) is 10.0. The molecular formula is C11H10O2. The summed E-state index contributed by atoms with van der Waals surface area (Å²) in [6.07, 6.45) is 0.572. The van der Waals surface area contributed by atoms with Gasteiger partial charge >= 0.3 is 0 Å². The van der Waals surface area contributed by atoms with Crippen molar-refractivity contribution in [3.05, 3.63) is 29.8 Å². The number of hydrogen-bond donors (Lipinski definition) is 0. The first-order valence-electron chi connectivity index (χ1n) is 4.05. The first-order valence-corrected chi connectivity index (χ1v) is 4.05. The van der Waals surface area contributed by atoms with Crippen LogP contribution in [0.1, 0.15) is 12.5 Å². The fraction of sp³-hybridized carbons (Fsp3) is 0.182. The minimum atomic E-state index is 0.572. The largest absolute Gasteiger partial charge is 0.493 e. The third kappa shape index (κ3) is 2.64. The fourth-order valence-electron chi connectivity index (χ4n) is 0.958. The smallest absolute Gasteiger partial charge is 0.193 e. The van der Waals surface area contributed by atoms with Gasteiger partial charge in [-0.25, -0.2) is 0 Å². The van der Waals surface area contributed by atoms with Crippen LogP contribution < -0.4 is 4.74 Å². The second kappa shape index (κ2) is 5.00. The topological polar surface area (TPSA) is 26.3 Å². The lowest BCUT2D eigenvalue weighted by molar-refractivity contribution is -0.103. The zero-order chi connectivity index (χ0) is 9.52. The molecule has 0 heterocycles. The van der Waals surface area contributed by atoms with Crippen LogP contribution in [-0.2, 0) is 4.79 Å². The summed E-state index contributed by atoms with van der Waals surface area (Å²) in [5.41, 5.74) is 0.747. The van der Waals surface area contributed by atoms with Gasteiger partial charge in [0, 0.05) is 0 Å². The molecule has 1 rings (SSSR count). The number of hydrogen-bond acceptors (Lipinski definition) is 2. The minimum Gasteiger partial charge on any atom is -0.493 e. The van der Waals surface area contributed by atoms with Crippen molar-refractivity contribution < 1.29 is 9.53 Å². The molecule has 13 heavy (non-hydrogen) atoms. The summed E-state index contributed by atoms with van der Waals surface area (Å²) >= 11 is 0. The number of para-hydroxylation sites is 1. The van der Waals surface area contributed by atoms with E-state index in [4.69, 9.17) is 4.74 Å². The molecule has 0 amide bonds. The van der Waals surface area contributed by atoms with Crippen LogP contribution in [0.3, 0.4) is 0 Å². The van der Waals surface area contributed by atoms with Gasteiger partial charge in [0.25, 0.3) is 0 Å². The molecule has 2 heteroatoms. The Morgan fingerprint density at radius 3 is 2.92 bits per heavy atom. The molecule has 1 aromatic rings. The van der Waals surface area contributed by atoms with E-state index in [1.807, 2.05) is 31.2 Å². The predicted octanol–water partition coefficient (Wildman–Crippen LogP) is 1.64. The highest BCUT2D eigenvalue weighted by atomic mass is 16.5. The minimum absolute atomic E-state index is 0.572. The second-order valence-corrected chi connectivity index (χ2v) is 2.32. The van der Waals surface area contributed by atoms with Crippen molar-refractivity contribution in [3.8, 4) is 17.6 Å². The molecule has 0 spiro atoms. The zero-order valence-electron chi connectivity index (χ0n) is 7.41. The Bertz CT molecular complexity index is 345. The number of aldehydes is 1. The maximum atomic E-state index is 10.0. The summed E-state index contributed by atoms with van der Waals surface area (Å²) in [6.45, 7) is 2.50. The quantitative estimate of drug-likeness (QED) is 0.503. The maximum Gasteiger partial charge on any atom is 0.193 e. The van der Waals surface area contributed by atoms with Gasteiger partial charge in [0.15, 0.2) is 6.29 Å². The van der Waals surface area contributed by atoms with Crippen molar-refractivity contribution in [2.75, 3.05) is 6.61 Å². The van der Waals surface area contributed by atoms with Gasteiger partial charge in [-0.3, -0.25) is 4.79 Å². The summed E-state index contributed by atoms with van der Waals surface area (Å²) in [5, 5.41) is 0. The van der Waals surface area contributed by atoms with E-state index in [0.717, 1.165) is 11.3 Å². The van der Waals surface area contributed by atoms with Gasteiger partial charge in [-0.2, -0.15) is 0 Å². The fourth-order valence-corrected chi connectivity index (χ4v) is 0.958. The van der Waals surface area contributed by atoms with Gasteiger partial charge in [0.1, 0.15) is 5.75 Å². The van der Waals surface area contributed by atoms with Gasteiger partial charge in [-0.1, -0.05) is 18.1 Å². The molecular weight excluding hydrogens is 164 g/mol. The molecule has 1 aromatic carbocycles. The van der Waals surface area contributed by atoms with Crippen LogP contribution in [0.25, 0.3) is 0 Å². The first-order chi connectivity index (χ1) is 6.38. The number of ether oxygens (including phenoxy) is 1. The molecule has 0 saturated carbocycles. The molecule has 2 nitrogen and oxygen atoms in total. The van der Waals surface area contributed by atoms with E-state index >= 15 is 0 Å². The average Bonchev–Trinajstić information content (AvgIpc) is 2.17. The Kier molecular flexibility index (Phi) is 3.59. The Morgan fingerprint density at radius 2 is 2.23 bits per heavy atom. The van der Waals surface area contributed by atoms with E-state index in [0.29, 0.717) is 12.9 Å². The number of carbonyl (C=O) groups excluding carboxylic acids is 1. The zero-order valence-corrected chi connectivity index (χ0v) is 7.41. The van der Waals surface area contributed by atoms with E-state index in [9.17, 15) is 4.79 Å². The van der Waals surface area contributed by atoms with Crippen LogP contribution in [-0.4, -0.2) is 12.9 Å². The van der Waals surface area contributed by atoms with E-state index in [1.54, 1.807) is 0 Å². The van der Waals surface area contributed by atoms with Crippen molar-refractivity contribution in [1.29, 1.82) is 0 Å². The molecule has 0 atom stereocenters. The molecule has 0 aliphatic heterocycles. The van der Waals surface area contributed by atoms with Crippen molar-refractivity contribution in [3.63, 3.8) is 0 Å². The molecule has 0 aliphatic rings. The Balaban J connectivity index is 2.96. The molecule has 0 aliphatic carbocycles. The lowest BCUT2D eigenvalue weighted by Gasteiger charge is -2.03. The third-order valence-electron chi connectivity index (χ3n) is 1.45. The van der Waals surface area contributed by atoms with Crippen LogP contribution >= 0.6 is 0 Å². The van der Waals surface area contributed by atoms with Crippen LogP contribution in [0.15, 0.2) is 24.3 Å². The predicted molar refractivity (Wildman–Crippen MR) is 50.6 cm³/mol. The van der Waals surface area contributed by atoms with Crippen LogP contribution in [0.4, 0.5) is 0 Å². The highest BCUT2D eigenvalue weighted by Gasteiger charge is 1.96. The number of benzene rings is 1.